The summed E-state index contributed by atoms with van der Waals surface area (Å²) in [7, 11) is 0. The molecule has 2 rings (SSSR count). The molecule has 0 aromatic carbocycles. The molecule has 0 radical (unpaired) electrons. The lowest BCUT2D eigenvalue weighted by Crippen LogP contribution is -2.44. The quantitative estimate of drug-likeness (QED) is 0.879. The van der Waals surface area contributed by atoms with E-state index in [0.29, 0.717) is 5.69 Å². The lowest BCUT2D eigenvalue weighted by Gasteiger charge is -2.25. The summed E-state index contributed by atoms with van der Waals surface area (Å²) >= 11 is 0. The molecule has 0 saturated heterocycles. The smallest absolute Gasteiger partial charge is 0.326 e. The summed E-state index contributed by atoms with van der Waals surface area (Å²) in [5.41, 5.74) is 0.696. The van der Waals surface area contributed by atoms with Gasteiger partial charge in [-0.2, -0.15) is 0 Å². The van der Waals surface area contributed by atoms with Gasteiger partial charge in [0.15, 0.2) is 0 Å². The van der Waals surface area contributed by atoms with Gasteiger partial charge >= 0.3 is 5.97 Å². The van der Waals surface area contributed by atoms with Crippen LogP contribution in [0.15, 0.2) is 10.6 Å². The molecule has 1 heterocycles. The van der Waals surface area contributed by atoms with Crippen molar-refractivity contribution in [2.24, 2.45) is 0 Å². The van der Waals surface area contributed by atoms with Crippen LogP contribution < -0.4 is 0 Å². The maximum atomic E-state index is 12.3. The van der Waals surface area contributed by atoms with Crippen molar-refractivity contribution in [2.75, 3.05) is 0 Å². The Labute approximate surface area is 111 Å². The van der Waals surface area contributed by atoms with Gasteiger partial charge in [0.25, 0.3) is 5.91 Å². The highest BCUT2D eigenvalue weighted by Gasteiger charge is 2.40. The van der Waals surface area contributed by atoms with Crippen LogP contribution in [0.25, 0.3) is 0 Å². The average molecular weight is 266 g/mol. The molecule has 1 amide bonds. The molecule has 0 aliphatic heterocycles. The molecule has 1 aromatic heterocycles. The first kappa shape index (κ1) is 13.6. The van der Waals surface area contributed by atoms with Crippen LogP contribution in [-0.4, -0.2) is 39.1 Å². The summed E-state index contributed by atoms with van der Waals surface area (Å²) in [6.45, 7) is 5.41. The van der Waals surface area contributed by atoms with Gasteiger partial charge in [-0.05, 0) is 25.7 Å². The van der Waals surface area contributed by atoms with E-state index in [1.54, 1.807) is 6.07 Å². The number of hydrogen-bond acceptors (Lipinski definition) is 4. The minimum absolute atomic E-state index is 0.00574. The number of aliphatic carboxylic acids is 1. The SMILES string of the molecule is CC(C)c1cc(C(=O)N(C2CC2)C(C)C(=O)O)on1. The molecule has 1 aliphatic rings. The second-order valence-electron chi connectivity index (χ2n) is 5.23. The zero-order valence-electron chi connectivity index (χ0n) is 11.3. The topological polar surface area (TPSA) is 83.6 Å². The minimum atomic E-state index is -1.01. The van der Waals surface area contributed by atoms with Crippen molar-refractivity contribution in [3.63, 3.8) is 0 Å². The lowest BCUT2D eigenvalue weighted by atomic mass is 10.1. The number of carboxylic acids is 1. The molecule has 0 bridgehead atoms. The summed E-state index contributed by atoms with van der Waals surface area (Å²) in [6, 6.07) is 0.746. The number of rotatable bonds is 5. The Morgan fingerprint density at radius 2 is 2.05 bits per heavy atom. The van der Waals surface area contributed by atoms with Crippen LogP contribution in [0.1, 0.15) is 55.8 Å². The zero-order chi connectivity index (χ0) is 14.2. The van der Waals surface area contributed by atoms with Gasteiger partial charge in [0, 0.05) is 12.1 Å². The molecule has 1 unspecified atom stereocenters. The van der Waals surface area contributed by atoms with Gasteiger partial charge in [0.05, 0.1) is 5.69 Å². The van der Waals surface area contributed by atoms with Gasteiger partial charge in [-0.25, -0.2) is 4.79 Å². The van der Waals surface area contributed by atoms with Crippen LogP contribution in [0, 0.1) is 0 Å². The second-order valence-corrected chi connectivity index (χ2v) is 5.23. The van der Waals surface area contributed by atoms with E-state index in [2.05, 4.69) is 5.16 Å². The molecular formula is C13H18N2O4. The second kappa shape index (κ2) is 5.03. The summed E-state index contributed by atoms with van der Waals surface area (Å²) in [6.07, 6.45) is 1.68. The van der Waals surface area contributed by atoms with Gasteiger partial charge in [0.2, 0.25) is 5.76 Å². The third-order valence-electron chi connectivity index (χ3n) is 3.28. The highest BCUT2D eigenvalue weighted by atomic mass is 16.5. The van der Waals surface area contributed by atoms with Gasteiger partial charge in [-0.1, -0.05) is 19.0 Å². The first-order chi connectivity index (χ1) is 8.91. The van der Waals surface area contributed by atoms with E-state index in [9.17, 15) is 9.59 Å². The highest BCUT2D eigenvalue weighted by Crippen LogP contribution is 2.30. The average Bonchev–Trinajstić information content (AvgIpc) is 3.04. The van der Waals surface area contributed by atoms with Crippen LogP contribution in [0.4, 0.5) is 0 Å². The van der Waals surface area contributed by atoms with E-state index in [-0.39, 0.29) is 17.7 Å². The van der Waals surface area contributed by atoms with E-state index < -0.39 is 17.9 Å². The number of carbonyl (C=O) groups excluding carboxylic acids is 1. The molecule has 6 heteroatoms. The Balaban J connectivity index is 2.21. The standard InChI is InChI=1S/C13H18N2O4/c1-7(2)10-6-11(19-14-10)12(16)15(9-4-5-9)8(3)13(17)18/h6-9H,4-5H2,1-3H3,(H,17,18). The molecule has 1 N–H and O–H groups in total. The van der Waals surface area contributed by atoms with Crippen LogP contribution in [0.5, 0.6) is 0 Å². The van der Waals surface area contributed by atoms with Crippen LogP contribution in [-0.2, 0) is 4.79 Å². The van der Waals surface area contributed by atoms with Crippen molar-refractivity contribution in [2.45, 2.75) is 51.6 Å². The number of carbonyl (C=O) groups is 2. The van der Waals surface area contributed by atoms with Crippen molar-refractivity contribution in [3.8, 4) is 0 Å². The number of carboxylic acid groups (broad SMARTS) is 1. The molecule has 1 aliphatic carbocycles. The first-order valence-corrected chi connectivity index (χ1v) is 6.44. The summed E-state index contributed by atoms with van der Waals surface area (Å²) < 4.78 is 5.04. The molecule has 1 saturated carbocycles. The molecule has 0 spiro atoms. The minimum Gasteiger partial charge on any atom is -0.480 e. The van der Waals surface area contributed by atoms with Gasteiger partial charge < -0.3 is 14.5 Å². The van der Waals surface area contributed by atoms with E-state index in [4.69, 9.17) is 9.63 Å². The highest BCUT2D eigenvalue weighted by molar-refractivity contribution is 5.94. The monoisotopic (exact) mass is 266 g/mol. The number of aromatic nitrogens is 1. The fourth-order valence-electron chi connectivity index (χ4n) is 1.92. The third kappa shape index (κ3) is 2.77. The van der Waals surface area contributed by atoms with Crippen molar-refractivity contribution in [1.29, 1.82) is 0 Å². The summed E-state index contributed by atoms with van der Waals surface area (Å²) in [5, 5.41) is 12.9. The van der Waals surface area contributed by atoms with Gasteiger partial charge in [0.1, 0.15) is 6.04 Å². The Morgan fingerprint density at radius 3 is 2.47 bits per heavy atom. The predicted octanol–water partition coefficient (Wildman–Crippen LogP) is 1.88. The van der Waals surface area contributed by atoms with Crippen LogP contribution >= 0.6 is 0 Å². The Kier molecular flexibility index (Phi) is 3.59. The first-order valence-electron chi connectivity index (χ1n) is 6.44. The van der Waals surface area contributed by atoms with Gasteiger partial charge in [-0.15, -0.1) is 0 Å². The third-order valence-corrected chi connectivity index (χ3v) is 3.28. The van der Waals surface area contributed by atoms with Crippen LogP contribution in [0.3, 0.4) is 0 Å². The molecule has 1 aromatic rings. The van der Waals surface area contributed by atoms with E-state index >= 15 is 0 Å². The molecule has 104 valence electrons. The normalized spacial score (nSPS) is 16.4. The fourth-order valence-corrected chi connectivity index (χ4v) is 1.92. The number of nitrogens with zero attached hydrogens (tertiary/aromatic N) is 2. The van der Waals surface area contributed by atoms with Crippen LogP contribution in [0.2, 0.25) is 0 Å². The predicted molar refractivity (Wildman–Crippen MR) is 66.9 cm³/mol. The maximum Gasteiger partial charge on any atom is 0.326 e. The van der Waals surface area contributed by atoms with Crippen molar-refractivity contribution in [3.05, 3.63) is 17.5 Å². The molecule has 1 atom stereocenters. The maximum absolute atomic E-state index is 12.3. The number of hydrogen-bond donors (Lipinski definition) is 1. The van der Waals surface area contributed by atoms with E-state index in [0.717, 1.165) is 12.8 Å². The largest absolute Gasteiger partial charge is 0.480 e. The summed E-state index contributed by atoms with van der Waals surface area (Å²) in [4.78, 5) is 24.8. The van der Waals surface area contributed by atoms with E-state index in [1.165, 1.54) is 11.8 Å². The number of amides is 1. The fraction of sp³-hybridized carbons (Fsp3) is 0.615. The molecular weight excluding hydrogens is 248 g/mol. The molecule has 6 nitrogen and oxygen atoms in total. The lowest BCUT2D eigenvalue weighted by molar-refractivity contribution is -0.141. The Hall–Kier alpha value is -1.85. The Bertz CT molecular complexity index is 491. The van der Waals surface area contributed by atoms with Crippen molar-refractivity contribution >= 4 is 11.9 Å². The zero-order valence-corrected chi connectivity index (χ0v) is 11.3. The summed E-state index contributed by atoms with van der Waals surface area (Å²) in [5.74, 6) is -1.12. The van der Waals surface area contributed by atoms with Crippen molar-refractivity contribution in [1.82, 2.24) is 10.1 Å². The van der Waals surface area contributed by atoms with E-state index in [1.807, 2.05) is 13.8 Å². The Morgan fingerprint density at radius 1 is 1.42 bits per heavy atom. The molecule has 19 heavy (non-hydrogen) atoms. The van der Waals surface area contributed by atoms with Gasteiger partial charge in [-0.3, -0.25) is 4.79 Å². The molecule has 1 fully saturated rings. The van der Waals surface area contributed by atoms with Crippen molar-refractivity contribution < 1.29 is 19.2 Å².